The molecule has 180 valence electrons. The molecular weight excluding hydrogens is 476 g/mol. The van der Waals surface area contributed by atoms with E-state index in [2.05, 4.69) is 9.17 Å². The number of allylic oxidation sites excluding steroid dienone is 1. The highest BCUT2D eigenvalue weighted by atomic mass is 32.2. The maximum atomic E-state index is 13.2. The van der Waals surface area contributed by atoms with Crippen LogP contribution in [0.3, 0.4) is 0 Å². The fraction of sp³-hybridized carbons (Fsp3) is 0.381. The van der Waals surface area contributed by atoms with Crippen molar-refractivity contribution in [1.82, 2.24) is 4.98 Å². The minimum absolute atomic E-state index is 0.136. The molecule has 1 fully saturated rings. The molecule has 0 aliphatic heterocycles. The van der Waals surface area contributed by atoms with Crippen LogP contribution in [0.5, 0.6) is 11.6 Å². The van der Waals surface area contributed by atoms with Crippen LogP contribution < -0.4 is 8.92 Å². The minimum atomic E-state index is -5.83. The van der Waals surface area contributed by atoms with Gasteiger partial charge in [0, 0.05) is 5.57 Å². The molecule has 1 heterocycles. The van der Waals surface area contributed by atoms with E-state index in [0.29, 0.717) is 11.1 Å². The molecule has 0 atom stereocenters. The van der Waals surface area contributed by atoms with Gasteiger partial charge in [-0.05, 0) is 48.6 Å². The number of aromatic nitrogens is 1. The molecule has 2 aromatic rings. The van der Waals surface area contributed by atoms with E-state index in [0.717, 1.165) is 51.0 Å². The summed E-state index contributed by atoms with van der Waals surface area (Å²) in [5.74, 6) is -1.04. The van der Waals surface area contributed by atoms with E-state index >= 15 is 0 Å². The van der Waals surface area contributed by atoms with Gasteiger partial charge in [-0.1, -0.05) is 31.1 Å². The van der Waals surface area contributed by atoms with Crippen LogP contribution in [-0.2, 0) is 16.3 Å². The third-order valence-electron chi connectivity index (χ3n) is 5.09. The quantitative estimate of drug-likeness (QED) is 0.281. The monoisotopic (exact) mass is 495 g/mol. The smallest absolute Gasteiger partial charge is 0.481 e. The lowest BCUT2D eigenvalue weighted by molar-refractivity contribution is -0.139. The fourth-order valence-corrected chi connectivity index (χ4v) is 3.97. The number of methoxy groups -OCH3 is 1. The second-order valence-corrected chi connectivity index (χ2v) is 8.92. The van der Waals surface area contributed by atoms with Gasteiger partial charge in [-0.3, -0.25) is 0 Å². The summed E-state index contributed by atoms with van der Waals surface area (Å²) < 4.78 is 109. The van der Waals surface area contributed by atoms with Crippen LogP contribution in [0.1, 0.15) is 42.5 Å². The molecule has 0 N–H and O–H groups in total. The maximum absolute atomic E-state index is 13.2. The van der Waals surface area contributed by atoms with Crippen LogP contribution in [0.25, 0.3) is 5.57 Å². The Morgan fingerprint density at radius 3 is 2.12 bits per heavy atom. The lowest BCUT2D eigenvalue weighted by Crippen LogP contribution is -2.28. The molecule has 1 aliphatic rings. The predicted molar refractivity (Wildman–Crippen MR) is 107 cm³/mol. The highest BCUT2D eigenvalue weighted by Crippen LogP contribution is 2.38. The largest absolute Gasteiger partial charge is 0.534 e. The number of alkyl halides is 6. The lowest BCUT2D eigenvalue weighted by Gasteiger charge is -2.16. The van der Waals surface area contributed by atoms with Crippen molar-refractivity contribution in [1.29, 1.82) is 0 Å². The molecule has 0 spiro atoms. The molecule has 0 radical (unpaired) electrons. The molecule has 1 aliphatic carbocycles. The number of benzene rings is 1. The Balaban J connectivity index is 2.01. The first-order valence-electron chi connectivity index (χ1n) is 9.77. The van der Waals surface area contributed by atoms with Crippen molar-refractivity contribution in [3.8, 4) is 11.6 Å². The topological polar surface area (TPSA) is 65.5 Å². The van der Waals surface area contributed by atoms with Gasteiger partial charge in [0.15, 0.2) is 0 Å². The molecule has 0 bridgehead atoms. The second kappa shape index (κ2) is 9.24. The first-order valence-corrected chi connectivity index (χ1v) is 11.2. The minimum Gasteiger partial charge on any atom is -0.481 e. The summed E-state index contributed by atoms with van der Waals surface area (Å²) >= 11 is 0. The van der Waals surface area contributed by atoms with E-state index in [1.807, 2.05) is 6.08 Å². The van der Waals surface area contributed by atoms with Gasteiger partial charge in [-0.15, -0.1) is 0 Å². The molecule has 0 unspecified atom stereocenters. The number of nitrogens with zero attached hydrogens (tertiary/aromatic N) is 1. The van der Waals surface area contributed by atoms with Crippen LogP contribution in [0.4, 0.5) is 26.3 Å². The normalized spacial score (nSPS) is 16.2. The highest BCUT2D eigenvalue weighted by Gasteiger charge is 2.48. The van der Waals surface area contributed by atoms with E-state index in [-0.39, 0.29) is 11.6 Å². The molecule has 5 nitrogen and oxygen atoms in total. The molecule has 1 aromatic carbocycles. The first-order chi connectivity index (χ1) is 15.3. The number of halogens is 6. The summed E-state index contributed by atoms with van der Waals surface area (Å²) in [5.41, 5.74) is -5.61. The van der Waals surface area contributed by atoms with Gasteiger partial charge in [0.05, 0.1) is 12.8 Å². The number of hydrogen-bond donors (Lipinski definition) is 0. The van der Waals surface area contributed by atoms with Crippen molar-refractivity contribution in [2.24, 2.45) is 5.92 Å². The van der Waals surface area contributed by atoms with Gasteiger partial charge in [0.2, 0.25) is 5.88 Å². The SMILES string of the molecule is COc1nc(/C(=C/C2CCCC2)c2ccc(OS(=O)(=O)C(F)(F)F)cc2)ccc1C(F)(F)F. The van der Waals surface area contributed by atoms with Gasteiger partial charge < -0.3 is 8.92 Å². The second-order valence-electron chi connectivity index (χ2n) is 7.38. The fourth-order valence-electron chi connectivity index (χ4n) is 3.52. The summed E-state index contributed by atoms with van der Waals surface area (Å²) in [6.07, 6.45) is 0.888. The van der Waals surface area contributed by atoms with Crippen molar-refractivity contribution in [3.05, 3.63) is 59.3 Å². The zero-order valence-electron chi connectivity index (χ0n) is 17.2. The molecule has 33 heavy (non-hydrogen) atoms. The summed E-state index contributed by atoms with van der Waals surface area (Å²) in [6.45, 7) is 0. The van der Waals surface area contributed by atoms with Crippen molar-refractivity contribution in [3.63, 3.8) is 0 Å². The number of ether oxygens (including phenoxy) is 1. The van der Waals surface area contributed by atoms with Crippen LogP contribution in [0.15, 0.2) is 42.5 Å². The standard InChI is InChI=1S/C21H19F6NO4S/c1-31-19-17(20(22,23)24)10-11-18(28-19)16(12-13-4-2-3-5-13)14-6-8-15(9-7-14)32-33(29,30)21(25,26)27/h6-13H,2-5H2,1H3/b16-12+. The predicted octanol–water partition coefficient (Wildman–Crippen LogP) is 5.96. The first kappa shape index (κ1) is 24.9. The van der Waals surface area contributed by atoms with Crippen LogP contribution in [0.2, 0.25) is 0 Å². The van der Waals surface area contributed by atoms with Crippen molar-refractivity contribution in [2.45, 2.75) is 37.4 Å². The molecule has 1 saturated carbocycles. The summed E-state index contributed by atoms with van der Waals surface area (Å²) in [5, 5.41) is 0. The highest BCUT2D eigenvalue weighted by molar-refractivity contribution is 7.88. The van der Waals surface area contributed by atoms with Crippen molar-refractivity contribution < 1.29 is 43.7 Å². The van der Waals surface area contributed by atoms with E-state index in [9.17, 15) is 34.8 Å². The number of pyridine rings is 1. The Morgan fingerprint density at radius 1 is 1.00 bits per heavy atom. The van der Waals surface area contributed by atoms with E-state index in [1.165, 1.54) is 18.2 Å². The number of rotatable bonds is 6. The Kier molecular flexibility index (Phi) is 6.96. The van der Waals surface area contributed by atoms with Crippen LogP contribution in [0, 0.1) is 5.92 Å². The third kappa shape index (κ3) is 5.79. The van der Waals surface area contributed by atoms with Crippen LogP contribution >= 0.6 is 0 Å². The molecule has 1 aromatic heterocycles. The Hall–Kier alpha value is -2.76. The van der Waals surface area contributed by atoms with Gasteiger partial charge in [0.1, 0.15) is 11.3 Å². The molecule has 12 heteroatoms. The Bertz CT molecular complexity index is 1120. The Morgan fingerprint density at radius 2 is 1.61 bits per heavy atom. The third-order valence-corrected chi connectivity index (χ3v) is 6.07. The van der Waals surface area contributed by atoms with Gasteiger partial charge in [0.25, 0.3) is 0 Å². The van der Waals surface area contributed by atoms with E-state index < -0.39 is 39.0 Å². The zero-order valence-corrected chi connectivity index (χ0v) is 18.0. The van der Waals surface area contributed by atoms with Crippen molar-refractivity contribution >= 4 is 15.7 Å². The number of hydrogen-bond acceptors (Lipinski definition) is 5. The molecule has 3 rings (SSSR count). The summed E-state index contributed by atoms with van der Waals surface area (Å²) in [4.78, 5) is 4.00. The molecule has 0 amide bonds. The molecular formula is C21H19F6NO4S. The maximum Gasteiger partial charge on any atom is 0.534 e. The summed E-state index contributed by atoms with van der Waals surface area (Å²) in [7, 11) is -4.77. The van der Waals surface area contributed by atoms with Gasteiger partial charge in [-0.25, -0.2) is 4.98 Å². The molecule has 0 saturated heterocycles. The zero-order chi connectivity index (χ0) is 24.4. The Labute approximate surface area is 186 Å². The average molecular weight is 495 g/mol. The van der Waals surface area contributed by atoms with Gasteiger partial charge in [-0.2, -0.15) is 34.8 Å². The van der Waals surface area contributed by atoms with E-state index in [1.54, 1.807) is 0 Å². The van der Waals surface area contributed by atoms with Gasteiger partial charge >= 0.3 is 21.8 Å². The summed E-state index contributed by atoms with van der Waals surface area (Å²) in [6, 6.07) is 6.72. The van der Waals surface area contributed by atoms with E-state index in [4.69, 9.17) is 4.74 Å². The lowest BCUT2D eigenvalue weighted by atomic mass is 9.95. The van der Waals surface area contributed by atoms with Crippen molar-refractivity contribution in [2.75, 3.05) is 7.11 Å². The van der Waals surface area contributed by atoms with Crippen LogP contribution in [-0.4, -0.2) is 26.0 Å². The average Bonchev–Trinajstić information content (AvgIpc) is 3.24.